The molecule has 1 heterocycles. The van der Waals surface area contributed by atoms with Crippen LogP contribution >= 0.6 is 0 Å². The number of benzene rings is 2. The fourth-order valence-corrected chi connectivity index (χ4v) is 5.96. The molecule has 3 N–H and O–H groups in total. The second-order valence-corrected chi connectivity index (χ2v) is 11.5. The number of hydrogen-bond donors (Lipinski definition) is 2. The molecule has 10 heteroatoms. The molecule has 2 atom stereocenters. The van der Waals surface area contributed by atoms with Crippen molar-refractivity contribution in [2.24, 2.45) is 17.6 Å². The van der Waals surface area contributed by atoms with Gasteiger partial charge in [-0.2, -0.15) is 10.4 Å². The van der Waals surface area contributed by atoms with Crippen LogP contribution in [-0.2, 0) is 10.0 Å². The molecule has 1 aromatic heterocycles. The fraction of sp³-hybridized carbons (Fsp3) is 0.370. The van der Waals surface area contributed by atoms with Crippen molar-refractivity contribution in [2.45, 2.75) is 49.5 Å². The summed E-state index contributed by atoms with van der Waals surface area (Å²) in [5.41, 5.74) is 7.38. The molecule has 2 aliphatic carbocycles. The van der Waals surface area contributed by atoms with Crippen molar-refractivity contribution < 1.29 is 13.2 Å². The predicted octanol–water partition coefficient (Wildman–Crippen LogP) is 4.39. The Balaban J connectivity index is 1.55. The van der Waals surface area contributed by atoms with Crippen LogP contribution in [0.15, 0.2) is 65.7 Å². The first kappa shape index (κ1) is 25.0. The highest BCUT2D eigenvalue weighted by molar-refractivity contribution is 7.89. The van der Waals surface area contributed by atoms with E-state index in [1.807, 2.05) is 30.3 Å². The molecule has 1 amide bonds. The van der Waals surface area contributed by atoms with Crippen LogP contribution in [0.5, 0.6) is 0 Å². The first-order valence-electron chi connectivity index (χ1n) is 12.6. The highest BCUT2D eigenvalue weighted by atomic mass is 32.2. The van der Waals surface area contributed by atoms with Crippen LogP contribution < -0.4 is 15.4 Å². The smallest absolute Gasteiger partial charge is 0.254 e. The molecule has 2 fully saturated rings. The molecule has 192 valence electrons. The minimum absolute atomic E-state index is 0.145. The third kappa shape index (κ3) is 5.38. The summed E-state index contributed by atoms with van der Waals surface area (Å²) in [6, 6.07) is 18.1. The highest BCUT2D eigenvalue weighted by Crippen LogP contribution is 2.39. The molecule has 37 heavy (non-hydrogen) atoms. The number of para-hydroxylation sites is 1. The normalized spacial score (nSPS) is 19.8. The first-order chi connectivity index (χ1) is 17.9. The number of rotatable bonds is 9. The molecule has 3 aromatic rings. The quantitative estimate of drug-likeness (QED) is 0.431. The molecular formula is C27H30N6O3S. The van der Waals surface area contributed by atoms with Gasteiger partial charge in [-0.15, -0.1) is 0 Å². The van der Waals surface area contributed by atoms with Gasteiger partial charge in [0.15, 0.2) is 5.82 Å². The summed E-state index contributed by atoms with van der Waals surface area (Å²) in [6.45, 7) is 0.449. The molecule has 0 spiro atoms. The van der Waals surface area contributed by atoms with Gasteiger partial charge in [0.1, 0.15) is 5.56 Å². The van der Waals surface area contributed by atoms with Gasteiger partial charge >= 0.3 is 0 Å². The van der Waals surface area contributed by atoms with E-state index in [1.165, 1.54) is 0 Å². The number of nitrogens with one attached hydrogen (secondary N) is 1. The molecular weight excluding hydrogens is 488 g/mol. The minimum atomic E-state index is -3.62. The Kier molecular flexibility index (Phi) is 7.00. The number of primary amides is 1. The zero-order valence-corrected chi connectivity index (χ0v) is 21.3. The van der Waals surface area contributed by atoms with Crippen molar-refractivity contribution >= 4 is 33.1 Å². The molecule has 9 nitrogen and oxygen atoms in total. The van der Waals surface area contributed by atoms with Gasteiger partial charge in [0, 0.05) is 24.1 Å². The molecule has 0 aliphatic heterocycles. The van der Waals surface area contributed by atoms with Gasteiger partial charge in [-0.3, -0.25) is 14.4 Å². The van der Waals surface area contributed by atoms with Gasteiger partial charge in [0.25, 0.3) is 5.91 Å². The van der Waals surface area contributed by atoms with Gasteiger partial charge in [0.05, 0.1) is 22.9 Å². The largest absolute Gasteiger partial charge is 0.365 e. The van der Waals surface area contributed by atoms with Gasteiger partial charge in [-0.05, 0) is 68.0 Å². The number of aromatic nitrogens is 2. The summed E-state index contributed by atoms with van der Waals surface area (Å²) < 4.78 is 29.9. The van der Waals surface area contributed by atoms with Crippen molar-refractivity contribution in [1.29, 1.82) is 5.26 Å². The minimum Gasteiger partial charge on any atom is -0.365 e. The van der Waals surface area contributed by atoms with Crippen LogP contribution in [0.2, 0.25) is 0 Å². The second-order valence-electron chi connectivity index (χ2n) is 9.76. The Morgan fingerprint density at radius 1 is 1.05 bits per heavy atom. The number of nitrogens with two attached hydrogens (primary N) is 1. The number of anilines is 3. The molecule has 2 unspecified atom stereocenters. The van der Waals surface area contributed by atoms with Crippen molar-refractivity contribution in [1.82, 2.24) is 14.5 Å². The van der Waals surface area contributed by atoms with Crippen molar-refractivity contribution in [3.63, 3.8) is 0 Å². The van der Waals surface area contributed by atoms with Crippen LogP contribution in [0.4, 0.5) is 17.2 Å². The van der Waals surface area contributed by atoms with Gasteiger partial charge < -0.3 is 5.73 Å². The third-order valence-electron chi connectivity index (χ3n) is 7.10. The summed E-state index contributed by atoms with van der Waals surface area (Å²) in [6.07, 6.45) is 7.30. The lowest BCUT2D eigenvalue weighted by Gasteiger charge is -2.27. The van der Waals surface area contributed by atoms with Crippen molar-refractivity contribution in [3.05, 3.63) is 66.4 Å². The summed E-state index contributed by atoms with van der Waals surface area (Å²) in [7, 11) is -3.62. The monoisotopic (exact) mass is 518 g/mol. The van der Waals surface area contributed by atoms with Crippen LogP contribution in [0, 0.1) is 23.2 Å². The van der Waals surface area contributed by atoms with Gasteiger partial charge in [-0.25, -0.2) is 13.1 Å². The average Bonchev–Trinajstić information content (AvgIpc) is 3.65. The van der Waals surface area contributed by atoms with Crippen LogP contribution in [0.3, 0.4) is 0 Å². The summed E-state index contributed by atoms with van der Waals surface area (Å²) >= 11 is 0. The molecule has 0 radical (unpaired) electrons. The number of nitrogens with zero attached hydrogens (tertiary/aromatic N) is 4. The Labute approximate surface area is 216 Å². The Bertz CT molecular complexity index is 1410. The zero-order valence-electron chi connectivity index (χ0n) is 20.5. The van der Waals surface area contributed by atoms with E-state index in [0.29, 0.717) is 24.0 Å². The fourth-order valence-electron chi connectivity index (χ4n) is 4.85. The Morgan fingerprint density at radius 2 is 1.73 bits per heavy atom. The second kappa shape index (κ2) is 10.4. The maximum Gasteiger partial charge on any atom is 0.254 e. The maximum atomic E-state index is 12.7. The van der Waals surface area contributed by atoms with E-state index in [4.69, 9.17) is 10.8 Å². The van der Waals surface area contributed by atoms with E-state index in [1.54, 1.807) is 40.0 Å². The number of carbonyl (C=O) groups is 1. The van der Waals surface area contributed by atoms with Crippen molar-refractivity contribution in [2.75, 3.05) is 11.4 Å². The summed E-state index contributed by atoms with van der Waals surface area (Å²) in [5.74, 6) is -0.0619. The lowest BCUT2D eigenvalue weighted by Crippen LogP contribution is -2.25. The number of nitriles is 1. The van der Waals surface area contributed by atoms with E-state index >= 15 is 0 Å². The molecule has 2 saturated carbocycles. The van der Waals surface area contributed by atoms with Gasteiger partial charge in [0.2, 0.25) is 10.0 Å². The van der Waals surface area contributed by atoms with Crippen molar-refractivity contribution in [3.8, 4) is 6.07 Å². The standard InChI is InChI=1S/C27H30N6O3S/c28-16-20-6-4-5-9-25(20)32-18-24(26(29)34)27(31-32)33(21-7-2-1-3-8-21)22-12-14-23(15-13-22)37(35,36)30-17-19-10-11-19/h1-3,7-8,12-15,18-20,25,30H,4-6,9-11,17H2,(H2,29,34). The lowest BCUT2D eigenvalue weighted by molar-refractivity contribution is 0.100. The maximum absolute atomic E-state index is 12.7. The number of hydrogen-bond acceptors (Lipinski definition) is 6. The molecule has 0 saturated heterocycles. The van der Waals surface area contributed by atoms with Crippen LogP contribution in [-0.4, -0.2) is 30.7 Å². The number of amides is 1. The molecule has 0 bridgehead atoms. The summed E-state index contributed by atoms with van der Waals surface area (Å²) in [4.78, 5) is 14.5. The Hall–Kier alpha value is -3.68. The van der Waals surface area contributed by atoms with Gasteiger partial charge in [-0.1, -0.05) is 31.0 Å². The molecule has 2 aromatic carbocycles. The number of carbonyl (C=O) groups excluding carboxylic acids is 1. The third-order valence-corrected chi connectivity index (χ3v) is 8.54. The van der Waals surface area contributed by atoms with Crippen LogP contribution in [0.1, 0.15) is 54.9 Å². The topological polar surface area (TPSA) is 134 Å². The predicted molar refractivity (Wildman–Crippen MR) is 140 cm³/mol. The van der Waals surface area contributed by atoms with E-state index < -0.39 is 15.9 Å². The molecule has 2 aliphatic rings. The highest BCUT2D eigenvalue weighted by Gasteiger charge is 2.31. The molecule has 5 rings (SSSR count). The van der Waals surface area contributed by atoms with E-state index in [9.17, 15) is 18.5 Å². The number of sulfonamides is 1. The Morgan fingerprint density at radius 3 is 2.38 bits per heavy atom. The van der Waals surface area contributed by atoms with Crippen LogP contribution in [0.25, 0.3) is 0 Å². The SMILES string of the molecule is N#CC1CCCCC1n1cc(C(N)=O)c(N(c2ccccc2)c2ccc(S(=O)(=O)NCC3CC3)cc2)n1. The van der Waals surface area contributed by atoms with E-state index in [0.717, 1.165) is 44.2 Å². The van der Waals surface area contributed by atoms with E-state index in [-0.39, 0.29) is 22.4 Å². The summed E-state index contributed by atoms with van der Waals surface area (Å²) in [5, 5.41) is 14.5. The van der Waals surface area contributed by atoms with E-state index in [2.05, 4.69) is 10.8 Å². The zero-order chi connectivity index (χ0) is 26.0. The first-order valence-corrected chi connectivity index (χ1v) is 14.1. The lowest BCUT2D eigenvalue weighted by atomic mass is 9.85. The average molecular weight is 519 g/mol.